The van der Waals surface area contributed by atoms with Gasteiger partial charge in [-0.3, -0.25) is 0 Å². The Morgan fingerprint density at radius 1 is 1.47 bits per heavy atom. The molecule has 0 aliphatic carbocycles. The van der Waals surface area contributed by atoms with Gasteiger partial charge in [-0.15, -0.1) is 0 Å². The minimum Gasteiger partial charge on any atom is -0.465 e. The molecule has 1 rings (SSSR count). The lowest BCUT2D eigenvalue weighted by molar-refractivity contribution is -0.147. The summed E-state index contributed by atoms with van der Waals surface area (Å²) in [6, 6.07) is 11.3. The van der Waals surface area contributed by atoms with Crippen LogP contribution in [0.3, 0.4) is 0 Å². The number of alkyl halides is 1. The van der Waals surface area contributed by atoms with Crippen molar-refractivity contribution in [2.45, 2.75) is 18.8 Å². The van der Waals surface area contributed by atoms with Crippen molar-refractivity contribution in [3.8, 4) is 6.07 Å². The highest BCUT2D eigenvalue weighted by Crippen LogP contribution is 2.30. The van der Waals surface area contributed by atoms with Crippen molar-refractivity contribution in [2.24, 2.45) is 0 Å². The molecule has 0 radical (unpaired) electrons. The van der Waals surface area contributed by atoms with Gasteiger partial charge < -0.3 is 4.74 Å². The fourth-order valence-electron chi connectivity index (χ4n) is 1.65. The van der Waals surface area contributed by atoms with Crippen molar-refractivity contribution in [1.82, 2.24) is 0 Å². The van der Waals surface area contributed by atoms with Gasteiger partial charge in [-0.05, 0) is 18.9 Å². The van der Waals surface area contributed by atoms with Crippen molar-refractivity contribution < 1.29 is 9.53 Å². The molecule has 0 spiro atoms. The van der Waals surface area contributed by atoms with Crippen LogP contribution in [-0.2, 0) is 14.9 Å². The number of rotatable bonds is 5. The van der Waals surface area contributed by atoms with E-state index in [0.717, 1.165) is 4.43 Å². The first kappa shape index (κ1) is 14.0. The van der Waals surface area contributed by atoms with E-state index in [-0.39, 0.29) is 6.61 Å². The standard InChI is InChI=1S/C13H14INO2/c1-2-17-12(16)13(10-15,8-9-14)11-6-4-3-5-7-11/h3-7H,2,8-9H2,1H3. The Balaban J connectivity index is 3.19. The Morgan fingerprint density at radius 3 is 2.59 bits per heavy atom. The minimum atomic E-state index is -1.17. The number of carbonyl (C=O) groups excluding carboxylic acids is 1. The lowest BCUT2D eigenvalue weighted by Gasteiger charge is -2.23. The van der Waals surface area contributed by atoms with Gasteiger partial charge in [-0.1, -0.05) is 52.9 Å². The second-order valence-electron chi connectivity index (χ2n) is 3.54. The van der Waals surface area contributed by atoms with Gasteiger partial charge >= 0.3 is 5.97 Å². The van der Waals surface area contributed by atoms with Gasteiger partial charge in [0, 0.05) is 4.43 Å². The molecule has 4 heteroatoms. The molecule has 1 aromatic rings. The average Bonchev–Trinajstić information content (AvgIpc) is 2.37. The van der Waals surface area contributed by atoms with E-state index in [1.54, 1.807) is 19.1 Å². The van der Waals surface area contributed by atoms with Crippen molar-refractivity contribution in [1.29, 1.82) is 5.26 Å². The SMILES string of the molecule is CCOC(=O)C(C#N)(CCI)c1ccccc1. The lowest BCUT2D eigenvalue weighted by atomic mass is 9.79. The van der Waals surface area contributed by atoms with E-state index in [1.807, 2.05) is 18.2 Å². The monoisotopic (exact) mass is 343 g/mol. The summed E-state index contributed by atoms with van der Waals surface area (Å²) in [6.07, 6.45) is 0.465. The zero-order chi connectivity index (χ0) is 12.7. The molecule has 0 amide bonds. The number of ether oxygens (including phenoxy) is 1. The molecule has 0 heterocycles. The molecule has 0 aromatic heterocycles. The molecule has 1 unspecified atom stereocenters. The Labute approximate surface area is 115 Å². The topological polar surface area (TPSA) is 50.1 Å². The molecule has 0 saturated carbocycles. The number of nitriles is 1. The van der Waals surface area contributed by atoms with Gasteiger partial charge in [0.05, 0.1) is 12.7 Å². The van der Waals surface area contributed by atoms with Crippen LogP contribution < -0.4 is 0 Å². The first-order chi connectivity index (χ1) is 8.21. The van der Waals surface area contributed by atoms with Crippen LogP contribution >= 0.6 is 22.6 Å². The van der Waals surface area contributed by atoms with Crippen LogP contribution in [-0.4, -0.2) is 17.0 Å². The molecule has 0 bridgehead atoms. The highest BCUT2D eigenvalue weighted by molar-refractivity contribution is 14.1. The van der Waals surface area contributed by atoms with Crippen molar-refractivity contribution in [3.63, 3.8) is 0 Å². The lowest BCUT2D eigenvalue weighted by Crippen LogP contribution is -2.36. The summed E-state index contributed by atoms with van der Waals surface area (Å²) in [5.41, 5.74) is -0.462. The van der Waals surface area contributed by atoms with Crippen LogP contribution in [0.2, 0.25) is 0 Å². The summed E-state index contributed by atoms with van der Waals surface area (Å²) >= 11 is 2.17. The molecule has 0 fully saturated rings. The normalized spacial score (nSPS) is 13.5. The summed E-state index contributed by atoms with van der Waals surface area (Å²) in [4.78, 5) is 12.0. The third kappa shape index (κ3) is 2.97. The summed E-state index contributed by atoms with van der Waals surface area (Å²) in [7, 11) is 0. The third-order valence-corrected chi connectivity index (χ3v) is 3.09. The van der Waals surface area contributed by atoms with E-state index in [1.165, 1.54) is 0 Å². The Bertz CT molecular complexity index is 413. The third-order valence-electron chi connectivity index (χ3n) is 2.55. The zero-order valence-corrected chi connectivity index (χ0v) is 11.8. The van der Waals surface area contributed by atoms with Gasteiger partial charge in [-0.2, -0.15) is 5.26 Å². The maximum atomic E-state index is 12.0. The van der Waals surface area contributed by atoms with E-state index in [9.17, 15) is 10.1 Å². The van der Waals surface area contributed by atoms with Crippen molar-refractivity contribution in [3.05, 3.63) is 35.9 Å². The number of nitrogens with zero attached hydrogens (tertiary/aromatic N) is 1. The highest BCUT2D eigenvalue weighted by atomic mass is 127. The van der Waals surface area contributed by atoms with Gasteiger partial charge in [0.2, 0.25) is 0 Å². The Kier molecular flexibility index (Phi) is 5.42. The second-order valence-corrected chi connectivity index (χ2v) is 4.62. The van der Waals surface area contributed by atoms with E-state index >= 15 is 0 Å². The van der Waals surface area contributed by atoms with Crippen LogP contribution in [0.1, 0.15) is 18.9 Å². The quantitative estimate of drug-likeness (QED) is 0.469. The first-order valence-corrected chi connectivity index (χ1v) is 6.93. The first-order valence-electron chi connectivity index (χ1n) is 5.41. The highest BCUT2D eigenvalue weighted by Gasteiger charge is 2.41. The van der Waals surface area contributed by atoms with Gasteiger partial charge in [0.15, 0.2) is 5.41 Å². The largest absolute Gasteiger partial charge is 0.465 e. The summed E-state index contributed by atoms with van der Waals surface area (Å²) in [6.45, 7) is 2.03. The molecule has 1 atom stereocenters. The molecule has 0 aliphatic heterocycles. The fraction of sp³-hybridized carbons (Fsp3) is 0.385. The molecular weight excluding hydrogens is 329 g/mol. The van der Waals surface area contributed by atoms with E-state index in [4.69, 9.17) is 4.74 Å². The number of halogens is 1. The fourth-order valence-corrected chi connectivity index (χ4v) is 2.46. The Hall–Kier alpha value is -1.09. The van der Waals surface area contributed by atoms with Gasteiger partial charge in [0.1, 0.15) is 0 Å². The average molecular weight is 343 g/mol. The van der Waals surface area contributed by atoms with Crippen LogP contribution in [0.5, 0.6) is 0 Å². The van der Waals surface area contributed by atoms with E-state index < -0.39 is 11.4 Å². The molecule has 17 heavy (non-hydrogen) atoms. The maximum absolute atomic E-state index is 12.0. The number of hydrogen-bond donors (Lipinski definition) is 0. The molecule has 1 aromatic carbocycles. The number of esters is 1. The smallest absolute Gasteiger partial charge is 0.331 e. The van der Waals surface area contributed by atoms with Crippen molar-refractivity contribution >= 4 is 28.6 Å². The van der Waals surface area contributed by atoms with Crippen LogP contribution in [0, 0.1) is 11.3 Å². The van der Waals surface area contributed by atoms with Crippen LogP contribution in [0.4, 0.5) is 0 Å². The second kappa shape index (κ2) is 6.60. The van der Waals surface area contributed by atoms with Gasteiger partial charge in [-0.25, -0.2) is 4.79 Å². The predicted molar refractivity (Wildman–Crippen MR) is 73.9 cm³/mol. The van der Waals surface area contributed by atoms with Crippen molar-refractivity contribution in [2.75, 3.05) is 11.0 Å². The molecule has 0 N–H and O–H groups in total. The van der Waals surface area contributed by atoms with Gasteiger partial charge in [0.25, 0.3) is 0 Å². The molecule has 90 valence electrons. The van der Waals surface area contributed by atoms with Crippen LogP contribution in [0.25, 0.3) is 0 Å². The van der Waals surface area contributed by atoms with E-state index in [2.05, 4.69) is 28.7 Å². The predicted octanol–water partition coefficient (Wildman–Crippen LogP) is 2.84. The molecule has 0 aliphatic rings. The zero-order valence-electron chi connectivity index (χ0n) is 9.65. The maximum Gasteiger partial charge on any atom is 0.331 e. The molecule has 3 nitrogen and oxygen atoms in total. The van der Waals surface area contributed by atoms with E-state index in [0.29, 0.717) is 12.0 Å². The van der Waals surface area contributed by atoms with Crippen LogP contribution in [0.15, 0.2) is 30.3 Å². The minimum absolute atomic E-state index is 0.288. The summed E-state index contributed by atoms with van der Waals surface area (Å²) < 4.78 is 5.76. The summed E-state index contributed by atoms with van der Waals surface area (Å²) in [5, 5.41) is 9.40. The summed E-state index contributed by atoms with van der Waals surface area (Å²) in [5.74, 6) is -0.453. The Morgan fingerprint density at radius 2 is 2.12 bits per heavy atom. The number of carbonyl (C=O) groups is 1. The number of hydrogen-bond acceptors (Lipinski definition) is 3. The molecular formula is C13H14INO2. The number of benzene rings is 1. The molecule has 0 saturated heterocycles.